The van der Waals surface area contributed by atoms with Crippen LogP contribution in [0.15, 0.2) is 0 Å². The topological polar surface area (TPSA) is 0 Å². The quantitative estimate of drug-likeness (QED) is 0.426. The standard InChI is InChI=1S/C16H36N.2FH/c1-5-9-13-17(14-10-6-2,15-11-7-3)16-12-8-4;;/h5-16H2,1-4H3;2*1H/q+1;;. The van der Waals surface area contributed by atoms with Gasteiger partial charge in [0.2, 0.25) is 0 Å². The third-order valence-electron chi connectivity index (χ3n) is 3.94. The molecule has 0 saturated heterocycles. The maximum Gasteiger partial charge on any atom is 0.0786 e. The molecule has 0 atom stereocenters. The van der Waals surface area contributed by atoms with Crippen LogP contribution in [0.5, 0.6) is 0 Å². The van der Waals surface area contributed by atoms with Crippen molar-refractivity contribution in [1.29, 1.82) is 0 Å². The summed E-state index contributed by atoms with van der Waals surface area (Å²) in [6.07, 6.45) is 11.1. The van der Waals surface area contributed by atoms with E-state index in [0.29, 0.717) is 0 Å². The molecule has 0 aromatic carbocycles. The highest BCUT2D eigenvalue weighted by molar-refractivity contribution is 4.49. The fourth-order valence-corrected chi connectivity index (χ4v) is 2.64. The molecule has 0 aromatic heterocycles. The SMILES string of the molecule is CCCC[N+](CCCC)(CCCC)CCCC.F.F. The average molecular weight is 282 g/mol. The van der Waals surface area contributed by atoms with Gasteiger partial charge in [-0.05, 0) is 25.7 Å². The van der Waals surface area contributed by atoms with Crippen LogP contribution in [0, 0.1) is 0 Å². The third kappa shape index (κ3) is 11.4. The van der Waals surface area contributed by atoms with E-state index in [1.807, 2.05) is 0 Å². The zero-order chi connectivity index (χ0) is 13.0. The van der Waals surface area contributed by atoms with E-state index >= 15 is 0 Å². The van der Waals surface area contributed by atoms with Crippen molar-refractivity contribution in [2.75, 3.05) is 26.2 Å². The fraction of sp³-hybridized carbons (Fsp3) is 1.00. The van der Waals surface area contributed by atoms with Crippen molar-refractivity contribution >= 4 is 0 Å². The Morgan fingerprint density at radius 1 is 0.474 bits per heavy atom. The van der Waals surface area contributed by atoms with Gasteiger partial charge in [-0.3, -0.25) is 9.41 Å². The van der Waals surface area contributed by atoms with E-state index in [1.165, 1.54) is 82.0 Å². The summed E-state index contributed by atoms with van der Waals surface area (Å²) in [4.78, 5) is 0. The van der Waals surface area contributed by atoms with Crippen molar-refractivity contribution in [3.63, 3.8) is 0 Å². The lowest BCUT2D eigenvalue weighted by Crippen LogP contribution is -2.50. The van der Waals surface area contributed by atoms with Crippen LogP contribution < -0.4 is 0 Å². The molecule has 0 aliphatic carbocycles. The second-order valence-electron chi connectivity index (χ2n) is 5.65. The van der Waals surface area contributed by atoms with Crippen molar-refractivity contribution in [2.45, 2.75) is 79.1 Å². The predicted molar refractivity (Wildman–Crippen MR) is 84.4 cm³/mol. The van der Waals surface area contributed by atoms with E-state index < -0.39 is 0 Å². The molecule has 0 amide bonds. The van der Waals surface area contributed by atoms with Crippen molar-refractivity contribution in [2.24, 2.45) is 0 Å². The molecule has 19 heavy (non-hydrogen) atoms. The second-order valence-corrected chi connectivity index (χ2v) is 5.65. The molecule has 1 nitrogen and oxygen atoms in total. The number of hydrogen-bond donors (Lipinski definition) is 0. The van der Waals surface area contributed by atoms with Gasteiger partial charge < -0.3 is 4.48 Å². The molecule has 0 N–H and O–H groups in total. The summed E-state index contributed by atoms with van der Waals surface area (Å²) in [5.74, 6) is 0. The summed E-state index contributed by atoms with van der Waals surface area (Å²) in [5.41, 5.74) is 0. The Balaban J connectivity index is -0.00000128. The van der Waals surface area contributed by atoms with Crippen molar-refractivity contribution in [3.05, 3.63) is 0 Å². The predicted octanol–water partition coefficient (Wildman–Crippen LogP) is 5.31. The van der Waals surface area contributed by atoms with Gasteiger partial charge in [0.25, 0.3) is 0 Å². The average Bonchev–Trinajstić information content (AvgIpc) is 2.37. The van der Waals surface area contributed by atoms with E-state index in [-0.39, 0.29) is 9.41 Å². The first-order valence-corrected chi connectivity index (χ1v) is 8.09. The van der Waals surface area contributed by atoms with Crippen molar-refractivity contribution < 1.29 is 13.9 Å². The van der Waals surface area contributed by atoms with Crippen LogP contribution in [-0.4, -0.2) is 30.7 Å². The minimum absolute atomic E-state index is 0. The van der Waals surface area contributed by atoms with E-state index in [0.717, 1.165) is 0 Å². The zero-order valence-corrected chi connectivity index (χ0v) is 13.7. The Morgan fingerprint density at radius 3 is 0.842 bits per heavy atom. The monoisotopic (exact) mass is 282 g/mol. The zero-order valence-electron chi connectivity index (χ0n) is 13.7. The normalized spacial score (nSPS) is 10.7. The number of unbranched alkanes of at least 4 members (excludes halogenated alkanes) is 4. The van der Waals surface area contributed by atoms with Gasteiger partial charge in [0, 0.05) is 0 Å². The summed E-state index contributed by atoms with van der Waals surface area (Å²) < 4.78 is 1.42. The van der Waals surface area contributed by atoms with Crippen LogP contribution in [0.4, 0.5) is 9.41 Å². The Kier molecular flexibility index (Phi) is 20.0. The second kappa shape index (κ2) is 15.9. The molecule has 0 saturated carbocycles. The van der Waals surface area contributed by atoms with E-state index in [1.54, 1.807) is 0 Å². The molecule has 0 aliphatic heterocycles. The molecule has 3 heteroatoms. The van der Waals surface area contributed by atoms with Gasteiger partial charge >= 0.3 is 0 Å². The minimum atomic E-state index is 0. The first-order valence-electron chi connectivity index (χ1n) is 8.09. The van der Waals surface area contributed by atoms with Crippen LogP contribution in [0.25, 0.3) is 0 Å². The van der Waals surface area contributed by atoms with Crippen LogP contribution in [-0.2, 0) is 0 Å². The highest BCUT2D eigenvalue weighted by atomic mass is 19.0. The number of hydrogen-bond acceptors (Lipinski definition) is 0. The molecular formula is C16H38F2N+. The highest BCUT2D eigenvalue weighted by Crippen LogP contribution is 2.16. The number of rotatable bonds is 12. The van der Waals surface area contributed by atoms with Crippen LogP contribution in [0.1, 0.15) is 79.1 Å². The summed E-state index contributed by atoms with van der Waals surface area (Å²) in [5, 5.41) is 0. The minimum Gasteiger partial charge on any atom is -0.324 e. The summed E-state index contributed by atoms with van der Waals surface area (Å²) >= 11 is 0. The van der Waals surface area contributed by atoms with Gasteiger partial charge in [-0.2, -0.15) is 0 Å². The molecule has 0 aliphatic rings. The van der Waals surface area contributed by atoms with Gasteiger partial charge in [-0.15, -0.1) is 0 Å². The number of nitrogens with zero attached hydrogens (tertiary/aromatic N) is 1. The van der Waals surface area contributed by atoms with E-state index in [9.17, 15) is 0 Å². The first kappa shape index (κ1) is 23.9. The molecule has 0 fully saturated rings. The Hall–Kier alpha value is -0.180. The molecule has 0 rings (SSSR count). The molecule has 120 valence electrons. The maximum atomic E-state index is 2.33. The molecule has 0 unspecified atom stereocenters. The van der Waals surface area contributed by atoms with Gasteiger partial charge in [0.05, 0.1) is 26.2 Å². The lowest BCUT2D eigenvalue weighted by molar-refractivity contribution is -0.929. The molecule has 0 heterocycles. The largest absolute Gasteiger partial charge is 0.324 e. The fourth-order valence-electron chi connectivity index (χ4n) is 2.64. The summed E-state index contributed by atoms with van der Waals surface area (Å²) in [7, 11) is 0. The Morgan fingerprint density at radius 2 is 0.684 bits per heavy atom. The highest BCUT2D eigenvalue weighted by Gasteiger charge is 2.24. The van der Waals surface area contributed by atoms with Crippen molar-refractivity contribution in [1.82, 2.24) is 0 Å². The molecule has 0 aromatic rings. The molecule has 0 bridgehead atoms. The molecular weight excluding hydrogens is 244 g/mol. The first-order chi connectivity index (χ1) is 8.24. The molecule has 0 radical (unpaired) electrons. The van der Waals surface area contributed by atoms with E-state index in [4.69, 9.17) is 0 Å². The van der Waals surface area contributed by atoms with Crippen LogP contribution in [0.3, 0.4) is 0 Å². The van der Waals surface area contributed by atoms with Crippen molar-refractivity contribution in [3.8, 4) is 0 Å². The lowest BCUT2D eigenvalue weighted by Gasteiger charge is -2.39. The van der Waals surface area contributed by atoms with E-state index in [2.05, 4.69) is 27.7 Å². The summed E-state index contributed by atoms with van der Waals surface area (Å²) in [6, 6.07) is 0. The van der Waals surface area contributed by atoms with Crippen LogP contribution in [0.2, 0.25) is 0 Å². The Bertz CT molecular complexity index is 125. The van der Waals surface area contributed by atoms with Gasteiger partial charge in [0.1, 0.15) is 0 Å². The molecule has 0 spiro atoms. The third-order valence-corrected chi connectivity index (χ3v) is 3.94. The lowest BCUT2D eigenvalue weighted by atomic mass is 10.1. The Labute approximate surface area is 120 Å². The maximum absolute atomic E-state index is 2.33. The summed E-state index contributed by atoms with van der Waals surface area (Å²) in [6.45, 7) is 15.0. The number of halogens is 2. The van der Waals surface area contributed by atoms with Gasteiger partial charge in [0.15, 0.2) is 0 Å². The number of quaternary nitrogens is 1. The van der Waals surface area contributed by atoms with Gasteiger partial charge in [-0.25, -0.2) is 0 Å². The smallest absolute Gasteiger partial charge is 0.0786 e. The van der Waals surface area contributed by atoms with Gasteiger partial charge in [-0.1, -0.05) is 53.4 Å². The van der Waals surface area contributed by atoms with Crippen LogP contribution >= 0.6 is 0 Å².